The molecule has 0 aliphatic rings. The molecule has 1 amide bonds. The van der Waals surface area contributed by atoms with E-state index >= 15 is 0 Å². The van der Waals surface area contributed by atoms with Crippen molar-refractivity contribution in [2.24, 2.45) is 0 Å². The minimum atomic E-state index is -0.281. The number of aryl methyl sites for hydroxylation is 2. The average Bonchev–Trinajstić information content (AvgIpc) is 2.74. The molecule has 0 spiro atoms. The number of nitrogens with one attached hydrogen (secondary N) is 2. The summed E-state index contributed by atoms with van der Waals surface area (Å²) < 4.78 is 11.4. The lowest BCUT2D eigenvalue weighted by Crippen LogP contribution is -2.20. The van der Waals surface area contributed by atoms with Crippen molar-refractivity contribution in [1.82, 2.24) is 0 Å². The van der Waals surface area contributed by atoms with Crippen LogP contribution in [0.25, 0.3) is 0 Å². The molecule has 0 saturated heterocycles. The molecule has 3 aromatic rings. The van der Waals surface area contributed by atoms with Crippen LogP contribution in [0.3, 0.4) is 0 Å². The number of ether oxygens (including phenoxy) is 2. The number of carbonyl (C=O) groups is 1. The van der Waals surface area contributed by atoms with E-state index < -0.39 is 0 Å². The second kappa shape index (κ2) is 11.1. The van der Waals surface area contributed by atoms with Gasteiger partial charge >= 0.3 is 0 Å². The lowest BCUT2D eigenvalue weighted by Gasteiger charge is -2.16. The van der Waals surface area contributed by atoms with Gasteiger partial charge in [-0.1, -0.05) is 41.4 Å². The standard InChI is InChI=1S/C25H26Cl2N2O3/c1-4-31-23-12-18(14-28-19-9-8-17(3)21(26)13-19)11-22(27)25(23)32-15-24(30)29-20-7-5-6-16(2)10-20/h5-13,28H,4,14-15H2,1-3H3,(H,29,30). The number of benzene rings is 3. The fourth-order valence-corrected chi connectivity index (χ4v) is 3.56. The van der Waals surface area contributed by atoms with Crippen LogP contribution in [0.5, 0.6) is 11.5 Å². The van der Waals surface area contributed by atoms with Gasteiger partial charge in [0.05, 0.1) is 11.6 Å². The van der Waals surface area contributed by atoms with Crippen LogP contribution >= 0.6 is 23.2 Å². The van der Waals surface area contributed by atoms with Gasteiger partial charge in [0, 0.05) is 22.9 Å². The summed E-state index contributed by atoms with van der Waals surface area (Å²) in [6.07, 6.45) is 0. The molecule has 0 aromatic heterocycles. The largest absolute Gasteiger partial charge is 0.490 e. The SMILES string of the molecule is CCOc1cc(CNc2ccc(C)c(Cl)c2)cc(Cl)c1OCC(=O)Nc1cccc(C)c1. The second-order valence-corrected chi connectivity index (χ2v) is 8.18. The van der Waals surface area contributed by atoms with Gasteiger partial charge in [0.2, 0.25) is 0 Å². The van der Waals surface area contributed by atoms with E-state index in [0.29, 0.717) is 40.4 Å². The molecular weight excluding hydrogens is 447 g/mol. The van der Waals surface area contributed by atoms with Crippen LogP contribution in [-0.2, 0) is 11.3 Å². The second-order valence-electron chi connectivity index (χ2n) is 7.36. The van der Waals surface area contributed by atoms with Crippen LogP contribution in [0.2, 0.25) is 10.0 Å². The summed E-state index contributed by atoms with van der Waals surface area (Å²) in [7, 11) is 0. The molecule has 0 bridgehead atoms. The first-order chi connectivity index (χ1) is 15.4. The van der Waals surface area contributed by atoms with Crippen molar-refractivity contribution in [3.8, 4) is 11.5 Å². The molecule has 0 fully saturated rings. The van der Waals surface area contributed by atoms with E-state index in [9.17, 15) is 4.79 Å². The monoisotopic (exact) mass is 472 g/mol. The van der Waals surface area contributed by atoms with Crippen LogP contribution in [0.15, 0.2) is 54.6 Å². The molecule has 0 heterocycles. The Hall–Kier alpha value is -2.89. The summed E-state index contributed by atoms with van der Waals surface area (Å²) in [5.41, 5.74) is 4.61. The highest BCUT2D eigenvalue weighted by Crippen LogP contribution is 2.37. The minimum absolute atomic E-state index is 0.187. The van der Waals surface area contributed by atoms with Crippen molar-refractivity contribution in [2.75, 3.05) is 23.8 Å². The predicted molar refractivity (Wildman–Crippen MR) is 131 cm³/mol. The summed E-state index contributed by atoms with van der Waals surface area (Å²) in [6.45, 7) is 6.57. The van der Waals surface area contributed by atoms with Gasteiger partial charge < -0.3 is 20.1 Å². The number of halogens is 2. The van der Waals surface area contributed by atoms with Crippen molar-refractivity contribution >= 4 is 40.5 Å². The fourth-order valence-electron chi connectivity index (χ4n) is 3.09. The molecule has 0 saturated carbocycles. The predicted octanol–water partition coefficient (Wildman–Crippen LogP) is 6.64. The molecular formula is C25H26Cl2N2O3. The van der Waals surface area contributed by atoms with E-state index in [0.717, 1.165) is 22.4 Å². The Bertz CT molecular complexity index is 1100. The molecule has 3 aromatic carbocycles. The van der Waals surface area contributed by atoms with Crippen molar-refractivity contribution in [3.05, 3.63) is 81.3 Å². The van der Waals surface area contributed by atoms with Gasteiger partial charge in [-0.15, -0.1) is 0 Å². The molecule has 168 valence electrons. The third-order valence-electron chi connectivity index (χ3n) is 4.69. The van der Waals surface area contributed by atoms with Gasteiger partial charge in [0.15, 0.2) is 18.1 Å². The smallest absolute Gasteiger partial charge is 0.262 e. The number of hydrogen-bond donors (Lipinski definition) is 2. The topological polar surface area (TPSA) is 59.6 Å². The van der Waals surface area contributed by atoms with Gasteiger partial charge in [-0.25, -0.2) is 0 Å². The molecule has 7 heteroatoms. The zero-order valence-electron chi connectivity index (χ0n) is 18.3. The van der Waals surface area contributed by atoms with Gasteiger partial charge in [0.25, 0.3) is 5.91 Å². The highest BCUT2D eigenvalue weighted by atomic mass is 35.5. The Labute approximate surface area is 198 Å². The molecule has 3 rings (SSSR count). The first kappa shape index (κ1) is 23.8. The van der Waals surface area contributed by atoms with Gasteiger partial charge in [-0.3, -0.25) is 4.79 Å². The Morgan fingerprint density at radius 1 is 0.938 bits per heavy atom. The van der Waals surface area contributed by atoms with Crippen LogP contribution < -0.4 is 20.1 Å². The summed E-state index contributed by atoms with van der Waals surface area (Å²) in [5.74, 6) is 0.549. The molecule has 5 nitrogen and oxygen atoms in total. The fraction of sp³-hybridized carbons (Fsp3) is 0.240. The molecule has 0 aliphatic carbocycles. The molecule has 0 unspecified atom stereocenters. The summed E-state index contributed by atoms with van der Waals surface area (Å²) in [5, 5.41) is 7.21. The summed E-state index contributed by atoms with van der Waals surface area (Å²) in [6, 6.07) is 17.0. The van der Waals surface area contributed by atoms with E-state index in [4.69, 9.17) is 32.7 Å². The summed E-state index contributed by atoms with van der Waals surface area (Å²) in [4.78, 5) is 12.3. The highest BCUT2D eigenvalue weighted by molar-refractivity contribution is 6.32. The maximum Gasteiger partial charge on any atom is 0.262 e. The van der Waals surface area contributed by atoms with Crippen LogP contribution in [-0.4, -0.2) is 19.1 Å². The average molecular weight is 473 g/mol. The van der Waals surface area contributed by atoms with Crippen molar-refractivity contribution in [3.63, 3.8) is 0 Å². The Kier molecular flexibility index (Phi) is 8.26. The van der Waals surface area contributed by atoms with Gasteiger partial charge in [-0.05, 0) is 73.9 Å². The molecule has 0 atom stereocenters. The van der Waals surface area contributed by atoms with E-state index in [1.54, 1.807) is 6.07 Å². The van der Waals surface area contributed by atoms with Crippen LogP contribution in [0.1, 0.15) is 23.6 Å². The maximum atomic E-state index is 12.3. The number of rotatable bonds is 9. The Morgan fingerprint density at radius 2 is 1.75 bits per heavy atom. The third kappa shape index (κ3) is 6.55. The van der Waals surface area contributed by atoms with E-state index in [1.807, 2.05) is 69.3 Å². The number of carbonyl (C=O) groups excluding carboxylic acids is 1. The lowest BCUT2D eigenvalue weighted by atomic mass is 10.1. The van der Waals surface area contributed by atoms with Crippen LogP contribution in [0, 0.1) is 13.8 Å². The zero-order chi connectivity index (χ0) is 23.1. The van der Waals surface area contributed by atoms with Crippen molar-refractivity contribution in [2.45, 2.75) is 27.3 Å². The van der Waals surface area contributed by atoms with E-state index in [2.05, 4.69) is 10.6 Å². The quantitative estimate of drug-likeness (QED) is 0.366. The Morgan fingerprint density at radius 3 is 2.47 bits per heavy atom. The van der Waals surface area contributed by atoms with E-state index in [-0.39, 0.29) is 12.5 Å². The Balaban J connectivity index is 1.67. The number of hydrogen-bond acceptors (Lipinski definition) is 4. The number of anilines is 2. The minimum Gasteiger partial charge on any atom is -0.490 e. The van der Waals surface area contributed by atoms with Crippen molar-refractivity contribution < 1.29 is 14.3 Å². The maximum absolute atomic E-state index is 12.3. The van der Waals surface area contributed by atoms with Gasteiger partial charge in [0.1, 0.15) is 0 Å². The lowest BCUT2D eigenvalue weighted by molar-refractivity contribution is -0.118. The first-order valence-corrected chi connectivity index (χ1v) is 11.1. The van der Waals surface area contributed by atoms with Crippen LogP contribution in [0.4, 0.5) is 11.4 Å². The molecule has 2 N–H and O–H groups in total. The van der Waals surface area contributed by atoms with Crippen molar-refractivity contribution in [1.29, 1.82) is 0 Å². The third-order valence-corrected chi connectivity index (χ3v) is 5.38. The van der Waals surface area contributed by atoms with E-state index in [1.165, 1.54) is 0 Å². The van der Waals surface area contributed by atoms with Gasteiger partial charge in [-0.2, -0.15) is 0 Å². The highest BCUT2D eigenvalue weighted by Gasteiger charge is 2.15. The normalized spacial score (nSPS) is 10.5. The zero-order valence-corrected chi connectivity index (χ0v) is 19.8. The molecule has 0 aliphatic heterocycles. The molecule has 0 radical (unpaired) electrons. The number of amides is 1. The first-order valence-electron chi connectivity index (χ1n) is 10.3. The molecule has 32 heavy (non-hydrogen) atoms. The summed E-state index contributed by atoms with van der Waals surface area (Å²) >= 11 is 12.7.